The highest BCUT2D eigenvalue weighted by molar-refractivity contribution is 7.85. The molecule has 0 radical (unpaired) electrons. The van der Waals surface area contributed by atoms with E-state index >= 15 is 4.39 Å². The number of carbonyl (C=O) groups is 2. The van der Waals surface area contributed by atoms with Crippen LogP contribution in [0.4, 0.5) is 20.7 Å². The second kappa shape index (κ2) is 10.5. The number of aryl methyl sites for hydroxylation is 1. The van der Waals surface area contributed by atoms with Gasteiger partial charge in [0.15, 0.2) is 5.82 Å². The number of rotatable bonds is 7. The van der Waals surface area contributed by atoms with Crippen molar-refractivity contribution < 1.29 is 31.3 Å². The SMILES string of the molecule is Cc1ccncc1-c1cc2cc(NC(=O)[C@H]3C(C)[C@@H]3COS(C)(=O)=O)ncc2c(NC(=O)OC(C)(C)C)c1F. The highest BCUT2D eigenvalue weighted by atomic mass is 32.2. The van der Waals surface area contributed by atoms with Gasteiger partial charge in [0.2, 0.25) is 5.91 Å². The van der Waals surface area contributed by atoms with Gasteiger partial charge in [0.25, 0.3) is 10.1 Å². The van der Waals surface area contributed by atoms with E-state index in [9.17, 15) is 18.0 Å². The molecule has 2 N–H and O–H groups in total. The fraction of sp³-hybridized carbons (Fsp3) is 0.407. The number of hydrogen-bond acceptors (Lipinski definition) is 8. The highest BCUT2D eigenvalue weighted by Gasteiger charge is 2.52. The molecule has 39 heavy (non-hydrogen) atoms. The van der Waals surface area contributed by atoms with Crippen LogP contribution in [0, 0.1) is 30.5 Å². The van der Waals surface area contributed by atoms with Crippen LogP contribution in [-0.2, 0) is 23.8 Å². The zero-order valence-electron chi connectivity index (χ0n) is 22.5. The first kappa shape index (κ1) is 28.4. The van der Waals surface area contributed by atoms with Crippen LogP contribution in [0.25, 0.3) is 21.9 Å². The van der Waals surface area contributed by atoms with Crippen molar-refractivity contribution in [3.63, 3.8) is 0 Å². The molecule has 2 amide bonds. The third-order valence-corrected chi connectivity index (χ3v) is 7.07. The lowest BCUT2D eigenvalue weighted by atomic mass is 9.98. The predicted molar refractivity (Wildman–Crippen MR) is 145 cm³/mol. The number of carbonyl (C=O) groups excluding carboxylic acids is 2. The monoisotopic (exact) mass is 558 g/mol. The van der Waals surface area contributed by atoms with Gasteiger partial charge in [0.1, 0.15) is 11.4 Å². The second-order valence-electron chi connectivity index (χ2n) is 10.7. The van der Waals surface area contributed by atoms with Gasteiger partial charge in [-0.05, 0) is 68.7 Å². The van der Waals surface area contributed by atoms with E-state index < -0.39 is 33.5 Å². The lowest BCUT2D eigenvalue weighted by Gasteiger charge is -2.21. The maximum Gasteiger partial charge on any atom is 0.412 e. The summed E-state index contributed by atoms with van der Waals surface area (Å²) in [5.41, 5.74) is 0.607. The Morgan fingerprint density at radius 1 is 1.13 bits per heavy atom. The summed E-state index contributed by atoms with van der Waals surface area (Å²) >= 11 is 0. The van der Waals surface area contributed by atoms with E-state index in [4.69, 9.17) is 8.92 Å². The molecule has 1 aliphatic rings. The number of ether oxygens (including phenoxy) is 1. The number of amides is 2. The van der Waals surface area contributed by atoms with Crippen LogP contribution in [0.3, 0.4) is 0 Å². The lowest BCUT2D eigenvalue weighted by molar-refractivity contribution is -0.118. The minimum Gasteiger partial charge on any atom is -0.444 e. The van der Waals surface area contributed by atoms with E-state index in [1.165, 1.54) is 12.4 Å². The molecule has 1 fully saturated rings. The summed E-state index contributed by atoms with van der Waals surface area (Å²) in [6.07, 6.45) is 4.63. The molecule has 10 nitrogen and oxygen atoms in total. The molecule has 2 aromatic heterocycles. The first-order chi connectivity index (χ1) is 18.1. The summed E-state index contributed by atoms with van der Waals surface area (Å²) in [6.45, 7) is 8.69. The van der Waals surface area contributed by atoms with Gasteiger partial charge in [0, 0.05) is 41.0 Å². The van der Waals surface area contributed by atoms with Crippen LogP contribution in [0.2, 0.25) is 0 Å². The topological polar surface area (TPSA) is 137 Å². The van der Waals surface area contributed by atoms with Crippen LogP contribution >= 0.6 is 0 Å². The van der Waals surface area contributed by atoms with E-state index in [0.29, 0.717) is 16.3 Å². The Hall–Kier alpha value is -3.64. The molecule has 3 aromatic rings. The summed E-state index contributed by atoms with van der Waals surface area (Å²) in [5.74, 6) is -1.52. The molecule has 1 aromatic carbocycles. The smallest absolute Gasteiger partial charge is 0.412 e. The predicted octanol–water partition coefficient (Wildman–Crippen LogP) is 4.89. The highest BCUT2D eigenvalue weighted by Crippen LogP contribution is 2.47. The van der Waals surface area contributed by atoms with E-state index in [-0.39, 0.29) is 41.4 Å². The molecular formula is C27H31FN4O6S. The van der Waals surface area contributed by atoms with Gasteiger partial charge in [0.05, 0.1) is 18.6 Å². The fourth-order valence-electron chi connectivity index (χ4n) is 4.46. The minimum atomic E-state index is -3.61. The molecule has 4 rings (SSSR count). The van der Waals surface area contributed by atoms with Crippen molar-refractivity contribution in [2.24, 2.45) is 17.8 Å². The van der Waals surface area contributed by atoms with Crippen molar-refractivity contribution in [3.05, 3.63) is 48.2 Å². The van der Waals surface area contributed by atoms with E-state index in [1.54, 1.807) is 45.2 Å². The number of halogens is 1. The Morgan fingerprint density at radius 2 is 1.85 bits per heavy atom. The van der Waals surface area contributed by atoms with Crippen molar-refractivity contribution >= 4 is 44.4 Å². The molecule has 3 atom stereocenters. The molecule has 0 aliphatic heterocycles. The van der Waals surface area contributed by atoms with Crippen molar-refractivity contribution in [3.8, 4) is 11.1 Å². The number of anilines is 2. The van der Waals surface area contributed by atoms with Crippen molar-refractivity contribution in [1.82, 2.24) is 9.97 Å². The van der Waals surface area contributed by atoms with Gasteiger partial charge >= 0.3 is 6.09 Å². The number of aromatic nitrogens is 2. The fourth-order valence-corrected chi connectivity index (χ4v) is 4.86. The van der Waals surface area contributed by atoms with E-state index in [1.807, 2.05) is 13.8 Å². The molecule has 2 heterocycles. The summed E-state index contributed by atoms with van der Waals surface area (Å²) < 4.78 is 48.7. The summed E-state index contributed by atoms with van der Waals surface area (Å²) in [6, 6.07) is 4.94. The molecule has 1 unspecified atom stereocenters. The Kier molecular flexibility index (Phi) is 7.63. The Bertz CT molecular complexity index is 1550. The van der Waals surface area contributed by atoms with Gasteiger partial charge in [-0.1, -0.05) is 6.92 Å². The van der Waals surface area contributed by atoms with Crippen molar-refractivity contribution in [2.45, 2.75) is 40.2 Å². The summed E-state index contributed by atoms with van der Waals surface area (Å²) in [7, 11) is -3.61. The van der Waals surface area contributed by atoms with Crippen LogP contribution in [0.5, 0.6) is 0 Å². The zero-order chi connectivity index (χ0) is 28.7. The standard InChI is InChI=1S/C27H31FN4O6S/c1-14-7-8-29-11-18(14)17-9-16-10-21(31-25(33)22-15(2)20(22)13-37-39(6,35)36)30-12-19(16)24(23(17)28)32-26(34)38-27(3,4)5/h7-12,15,20,22H,13H2,1-6H3,(H,32,34)(H,30,31,33)/t15?,20-,22-/m0/s1. The Balaban J connectivity index is 1.68. The van der Waals surface area contributed by atoms with Crippen LogP contribution in [0.15, 0.2) is 36.8 Å². The van der Waals surface area contributed by atoms with Crippen LogP contribution in [-0.4, -0.2) is 48.8 Å². The molecule has 12 heteroatoms. The number of pyridine rings is 2. The third kappa shape index (κ3) is 6.69. The van der Waals surface area contributed by atoms with Gasteiger partial charge in [-0.2, -0.15) is 8.42 Å². The first-order valence-corrected chi connectivity index (χ1v) is 14.1. The number of nitrogens with one attached hydrogen (secondary N) is 2. The Labute approximate surface area is 226 Å². The lowest BCUT2D eigenvalue weighted by Crippen LogP contribution is -2.27. The van der Waals surface area contributed by atoms with E-state index in [0.717, 1.165) is 11.8 Å². The van der Waals surface area contributed by atoms with Crippen LogP contribution in [0.1, 0.15) is 33.3 Å². The largest absolute Gasteiger partial charge is 0.444 e. The van der Waals surface area contributed by atoms with Crippen molar-refractivity contribution in [1.29, 1.82) is 0 Å². The third-order valence-electron chi connectivity index (χ3n) is 6.51. The quantitative estimate of drug-likeness (QED) is 0.391. The maximum absolute atomic E-state index is 15.9. The number of benzene rings is 1. The molecule has 1 saturated carbocycles. The maximum atomic E-state index is 15.9. The molecule has 0 saturated heterocycles. The number of hydrogen-bond donors (Lipinski definition) is 2. The van der Waals surface area contributed by atoms with Crippen molar-refractivity contribution in [2.75, 3.05) is 23.5 Å². The molecule has 0 spiro atoms. The average Bonchev–Trinajstić information content (AvgIpc) is 3.47. The summed E-state index contributed by atoms with van der Waals surface area (Å²) in [4.78, 5) is 33.8. The first-order valence-electron chi connectivity index (χ1n) is 12.3. The van der Waals surface area contributed by atoms with Gasteiger partial charge in [-0.25, -0.2) is 14.2 Å². The van der Waals surface area contributed by atoms with Crippen LogP contribution < -0.4 is 10.6 Å². The van der Waals surface area contributed by atoms with Gasteiger partial charge in [-0.15, -0.1) is 0 Å². The van der Waals surface area contributed by atoms with Gasteiger partial charge in [-0.3, -0.25) is 19.3 Å². The number of nitrogens with zero attached hydrogens (tertiary/aromatic N) is 2. The molecular weight excluding hydrogens is 527 g/mol. The molecule has 1 aliphatic carbocycles. The second-order valence-corrected chi connectivity index (χ2v) is 12.4. The average molecular weight is 559 g/mol. The minimum absolute atomic E-state index is 0.0638. The summed E-state index contributed by atoms with van der Waals surface area (Å²) in [5, 5.41) is 6.09. The Morgan fingerprint density at radius 3 is 2.49 bits per heavy atom. The zero-order valence-corrected chi connectivity index (χ0v) is 23.3. The molecule has 0 bridgehead atoms. The molecule has 208 valence electrons. The normalized spacial score (nSPS) is 19.0. The van der Waals surface area contributed by atoms with Gasteiger partial charge < -0.3 is 10.1 Å². The van der Waals surface area contributed by atoms with E-state index in [2.05, 4.69) is 20.6 Å². The number of fused-ring (bicyclic) bond motifs is 1.